The maximum atomic E-state index is 11.3. The first-order valence-electron chi connectivity index (χ1n) is 5.71. The molecule has 2 aromatic heterocycles. The summed E-state index contributed by atoms with van der Waals surface area (Å²) in [6.45, 7) is 1.78. The number of pyridine rings is 1. The third-order valence-electron chi connectivity index (χ3n) is 2.77. The van der Waals surface area contributed by atoms with Gasteiger partial charge in [-0.05, 0) is 6.92 Å². The van der Waals surface area contributed by atoms with Crippen molar-refractivity contribution >= 4 is 34.7 Å². The summed E-state index contributed by atoms with van der Waals surface area (Å²) in [7, 11) is 3.02. The van der Waals surface area contributed by atoms with Crippen molar-refractivity contribution in [2.75, 3.05) is 12.9 Å². The van der Waals surface area contributed by atoms with Crippen molar-refractivity contribution in [1.82, 2.24) is 14.8 Å². The van der Waals surface area contributed by atoms with Crippen LogP contribution in [-0.4, -0.2) is 44.7 Å². The molecule has 20 heavy (non-hydrogen) atoms. The molecule has 0 radical (unpaired) electrons. The average molecular weight is 295 g/mol. The second kappa shape index (κ2) is 5.49. The Morgan fingerprint density at radius 3 is 2.80 bits per heavy atom. The molecule has 0 amide bonds. The minimum absolute atomic E-state index is 0.0320. The molecule has 2 heterocycles. The molecule has 1 N–H and O–H groups in total. The lowest BCUT2D eigenvalue weighted by Gasteiger charge is -2.07. The van der Waals surface area contributed by atoms with Crippen molar-refractivity contribution < 1.29 is 19.4 Å². The highest BCUT2D eigenvalue weighted by molar-refractivity contribution is 8.00. The third kappa shape index (κ3) is 2.46. The SMILES string of the molecule is COC(=O)CSc1c(C(=O)O)cnc2c1c(C)nn2C. The van der Waals surface area contributed by atoms with E-state index >= 15 is 0 Å². The standard InChI is InChI=1S/C12H13N3O4S/c1-6-9-10(20-5-8(16)19-3)7(12(17)18)4-13-11(9)15(2)14-6/h4H,5H2,1-3H3,(H,17,18). The number of esters is 1. The Balaban J connectivity index is 2.59. The first-order valence-corrected chi connectivity index (χ1v) is 6.69. The number of aromatic carboxylic acids is 1. The van der Waals surface area contributed by atoms with Gasteiger partial charge in [0.1, 0.15) is 0 Å². The van der Waals surface area contributed by atoms with E-state index in [-0.39, 0.29) is 11.3 Å². The number of fused-ring (bicyclic) bond motifs is 1. The van der Waals surface area contributed by atoms with E-state index in [1.807, 2.05) is 0 Å². The Kier molecular flexibility index (Phi) is 3.93. The number of hydrogen-bond acceptors (Lipinski definition) is 6. The van der Waals surface area contributed by atoms with E-state index in [2.05, 4.69) is 14.8 Å². The topological polar surface area (TPSA) is 94.3 Å². The molecule has 2 rings (SSSR count). The predicted octanol–water partition coefficient (Wildman–Crippen LogP) is 1.24. The van der Waals surface area contributed by atoms with Crippen molar-refractivity contribution in [2.45, 2.75) is 11.8 Å². The lowest BCUT2D eigenvalue weighted by molar-refractivity contribution is -0.137. The van der Waals surface area contributed by atoms with Gasteiger partial charge in [-0.15, -0.1) is 11.8 Å². The van der Waals surface area contributed by atoms with E-state index < -0.39 is 11.9 Å². The number of ether oxygens (including phenoxy) is 1. The van der Waals surface area contributed by atoms with Crippen LogP contribution in [0.3, 0.4) is 0 Å². The number of carboxylic acids is 1. The van der Waals surface area contributed by atoms with Crippen LogP contribution in [0.2, 0.25) is 0 Å². The smallest absolute Gasteiger partial charge is 0.338 e. The van der Waals surface area contributed by atoms with Gasteiger partial charge in [-0.2, -0.15) is 5.10 Å². The lowest BCUT2D eigenvalue weighted by atomic mass is 10.2. The van der Waals surface area contributed by atoms with Crippen molar-refractivity contribution in [2.24, 2.45) is 7.05 Å². The van der Waals surface area contributed by atoms with Crippen LogP contribution in [0, 0.1) is 6.92 Å². The van der Waals surface area contributed by atoms with Gasteiger partial charge in [-0.3, -0.25) is 9.48 Å². The molecule has 0 saturated carbocycles. The molecule has 0 atom stereocenters. The zero-order chi connectivity index (χ0) is 14.9. The fourth-order valence-corrected chi connectivity index (χ4v) is 2.93. The molecule has 8 heteroatoms. The zero-order valence-electron chi connectivity index (χ0n) is 11.2. The number of methoxy groups -OCH3 is 1. The minimum atomic E-state index is -1.09. The summed E-state index contributed by atoms with van der Waals surface area (Å²) in [6, 6.07) is 0. The van der Waals surface area contributed by atoms with E-state index in [0.29, 0.717) is 21.6 Å². The summed E-state index contributed by atoms with van der Waals surface area (Å²) < 4.78 is 6.16. The Bertz CT molecular complexity index is 696. The van der Waals surface area contributed by atoms with E-state index in [9.17, 15) is 14.7 Å². The Labute approximate surface area is 118 Å². The van der Waals surface area contributed by atoms with Crippen LogP contribution >= 0.6 is 11.8 Å². The summed E-state index contributed by atoms with van der Waals surface area (Å²) in [5, 5.41) is 14.1. The van der Waals surface area contributed by atoms with Crippen LogP contribution in [0.25, 0.3) is 11.0 Å². The predicted molar refractivity (Wildman–Crippen MR) is 72.9 cm³/mol. The summed E-state index contributed by atoms with van der Waals surface area (Å²) in [5.74, 6) is -1.47. The molecule has 7 nitrogen and oxygen atoms in total. The molecule has 0 aliphatic heterocycles. The largest absolute Gasteiger partial charge is 0.478 e. The highest BCUT2D eigenvalue weighted by Crippen LogP contribution is 2.32. The number of rotatable bonds is 4. The van der Waals surface area contributed by atoms with Crippen LogP contribution in [0.4, 0.5) is 0 Å². The maximum absolute atomic E-state index is 11.3. The molecule has 106 valence electrons. The van der Waals surface area contributed by atoms with Crippen LogP contribution in [0.15, 0.2) is 11.1 Å². The molecule has 0 aromatic carbocycles. The number of carbonyl (C=O) groups excluding carboxylic acids is 1. The van der Waals surface area contributed by atoms with Gasteiger partial charge in [-0.25, -0.2) is 9.78 Å². The molecule has 0 aliphatic carbocycles. The first kappa shape index (κ1) is 14.3. The summed E-state index contributed by atoms with van der Waals surface area (Å²) in [5.41, 5.74) is 1.31. The van der Waals surface area contributed by atoms with Crippen molar-refractivity contribution in [1.29, 1.82) is 0 Å². The van der Waals surface area contributed by atoms with Gasteiger partial charge in [0, 0.05) is 18.1 Å². The molecule has 0 fully saturated rings. The third-order valence-corrected chi connectivity index (χ3v) is 3.86. The normalized spacial score (nSPS) is 10.8. The van der Waals surface area contributed by atoms with E-state index in [1.165, 1.54) is 13.3 Å². The minimum Gasteiger partial charge on any atom is -0.478 e. The Hall–Kier alpha value is -2.09. The number of aryl methyl sites for hydroxylation is 2. The number of nitrogens with zero attached hydrogens (tertiary/aromatic N) is 3. The molecule has 0 aliphatic rings. The van der Waals surface area contributed by atoms with Gasteiger partial charge < -0.3 is 9.84 Å². The number of hydrogen-bond donors (Lipinski definition) is 1. The highest BCUT2D eigenvalue weighted by Gasteiger charge is 2.20. The van der Waals surface area contributed by atoms with Gasteiger partial charge in [-0.1, -0.05) is 0 Å². The van der Waals surface area contributed by atoms with Crippen molar-refractivity contribution in [3.8, 4) is 0 Å². The number of carboxylic acid groups (broad SMARTS) is 1. The Morgan fingerprint density at radius 2 is 2.20 bits per heavy atom. The summed E-state index contributed by atoms with van der Waals surface area (Å²) in [4.78, 5) is 27.2. The van der Waals surface area contributed by atoms with Gasteiger partial charge in [0.25, 0.3) is 0 Å². The van der Waals surface area contributed by atoms with Crippen LogP contribution < -0.4 is 0 Å². The molecule has 0 spiro atoms. The van der Waals surface area contributed by atoms with Crippen LogP contribution in [0.5, 0.6) is 0 Å². The Morgan fingerprint density at radius 1 is 1.50 bits per heavy atom. The molecule has 0 saturated heterocycles. The lowest BCUT2D eigenvalue weighted by Crippen LogP contribution is -2.06. The van der Waals surface area contributed by atoms with Crippen LogP contribution in [-0.2, 0) is 16.6 Å². The molecule has 0 bridgehead atoms. The van der Waals surface area contributed by atoms with E-state index in [4.69, 9.17) is 0 Å². The maximum Gasteiger partial charge on any atom is 0.338 e. The fraction of sp³-hybridized carbons (Fsp3) is 0.333. The number of thioether (sulfide) groups is 1. The number of carbonyl (C=O) groups is 2. The monoisotopic (exact) mass is 295 g/mol. The quantitative estimate of drug-likeness (QED) is 0.669. The zero-order valence-corrected chi connectivity index (χ0v) is 12.0. The number of aromatic nitrogens is 3. The van der Waals surface area contributed by atoms with Gasteiger partial charge in [0.05, 0.1) is 29.5 Å². The van der Waals surface area contributed by atoms with Gasteiger partial charge in [0.2, 0.25) is 0 Å². The molecular weight excluding hydrogens is 282 g/mol. The average Bonchev–Trinajstić information content (AvgIpc) is 2.70. The second-order valence-corrected chi connectivity index (χ2v) is 5.06. The van der Waals surface area contributed by atoms with Gasteiger partial charge >= 0.3 is 11.9 Å². The van der Waals surface area contributed by atoms with Crippen molar-refractivity contribution in [3.63, 3.8) is 0 Å². The first-order chi connectivity index (χ1) is 9.45. The second-order valence-electron chi connectivity index (χ2n) is 4.08. The van der Waals surface area contributed by atoms with E-state index in [0.717, 1.165) is 11.8 Å². The summed E-state index contributed by atoms with van der Waals surface area (Å²) >= 11 is 1.12. The molecular formula is C12H13N3O4S. The molecule has 0 unspecified atom stereocenters. The van der Waals surface area contributed by atoms with Gasteiger partial charge in [0.15, 0.2) is 5.65 Å². The van der Waals surface area contributed by atoms with Crippen molar-refractivity contribution in [3.05, 3.63) is 17.5 Å². The van der Waals surface area contributed by atoms with Crippen LogP contribution in [0.1, 0.15) is 16.1 Å². The molecule has 2 aromatic rings. The van der Waals surface area contributed by atoms with E-state index in [1.54, 1.807) is 18.7 Å². The fourth-order valence-electron chi connectivity index (χ4n) is 1.87. The highest BCUT2D eigenvalue weighted by atomic mass is 32.2. The summed E-state index contributed by atoms with van der Waals surface area (Å²) in [6.07, 6.45) is 1.28.